The molecular formula is C14H9BrFNO4. The Labute approximate surface area is 127 Å². The van der Waals surface area contributed by atoms with Crippen LogP contribution in [0.15, 0.2) is 40.9 Å². The topological polar surface area (TPSA) is 86.6 Å². The number of carbonyl (C=O) groups excluding carboxylic acids is 1. The van der Waals surface area contributed by atoms with Crippen molar-refractivity contribution in [1.29, 1.82) is 0 Å². The van der Waals surface area contributed by atoms with E-state index in [1.165, 1.54) is 24.3 Å². The number of nitrogens with one attached hydrogen (secondary N) is 1. The number of rotatable bonds is 3. The highest BCUT2D eigenvalue weighted by Crippen LogP contribution is 2.23. The minimum absolute atomic E-state index is 0.0373. The first-order valence-corrected chi connectivity index (χ1v) is 6.50. The van der Waals surface area contributed by atoms with E-state index in [2.05, 4.69) is 21.2 Å². The van der Waals surface area contributed by atoms with Gasteiger partial charge in [0.15, 0.2) is 0 Å². The molecule has 21 heavy (non-hydrogen) atoms. The van der Waals surface area contributed by atoms with Gasteiger partial charge in [-0.1, -0.05) is 15.9 Å². The number of phenolic OH excluding ortho intramolecular Hbond substituents is 1. The van der Waals surface area contributed by atoms with Crippen molar-refractivity contribution in [3.63, 3.8) is 0 Å². The average Bonchev–Trinajstić information content (AvgIpc) is 2.43. The predicted octanol–water partition coefficient (Wildman–Crippen LogP) is 3.24. The van der Waals surface area contributed by atoms with Crippen molar-refractivity contribution < 1.29 is 24.2 Å². The van der Waals surface area contributed by atoms with Gasteiger partial charge in [0, 0.05) is 4.47 Å². The third-order valence-corrected chi connectivity index (χ3v) is 3.15. The quantitative estimate of drug-likeness (QED) is 0.739. The molecule has 0 aliphatic heterocycles. The van der Waals surface area contributed by atoms with Gasteiger partial charge in [-0.15, -0.1) is 0 Å². The predicted molar refractivity (Wildman–Crippen MR) is 77.1 cm³/mol. The molecule has 7 heteroatoms. The van der Waals surface area contributed by atoms with Crippen LogP contribution in [-0.4, -0.2) is 22.1 Å². The molecular weight excluding hydrogens is 345 g/mol. The van der Waals surface area contributed by atoms with Crippen LogP contribution in [0.4, 0.5) is 10.1 Å². The SMILES string of the molecule is O=C(Nc1ccc(O)cc1C(=O)O)c1cc(Br)ccc1F. The number of carbonyl (C=O) groups is 2. The second-order valence-electron chi connectivity index (χ2n) is 4.11. The van der Waals surface area contributed by atoms with Gasteiger partial charge in [0.1, 0.15) is 11.6 Å². The monoisotopic (exact) mass is 353 g/mol. The first-order valence-electron chi connectivity index (χ1n) is 5.71. The lowest BCUT2D eigenvalue weighted by Crippen LogP contribution is -2.16. The molecule has 0 radical (unpaired) electrons. The Morgan fingerprint density at radius 1 is 1.10 bits per heavy atom. The third-order valence-electron chi connectivity index (χ3n) is 2.65. The lowest BCUT2D eigenvalue weighted by Gasteiger charge is -2.09. The lowest BCUT2D eigenvalue weighted by atomic mass is 10.1. The fourth-order valence-corrected chi connectivity index (χ4v) is 2.04. The molecule has 0 heterocycles. The minimum atomic E-state index is -1.32. The molecule has 0 spiro atoms. The van der Waals surface area contributed by atoms with Crippen molar-refractivity contribution in [2.75, 3.05) is 5.32 Å². The second-order valence-corrected chi connectivity index (χ2v) is 5.03. The Kier molecular flexibility index (Phi) is 4.23. The standard InChI is InChI=1S/C14H9BrFNO4/c15-7-1-3-11(16)9(5-7)13(19)17-12-4-2-8(18)6-10(12)14(20)21/h1-6,18H,(H,17,19)(H,20,21). The van der Waals surface area contributed by atoms with E-state index in [1.54, 1.807) is 0 Å². The van der Waals surface area contributed by atoms with E-state index in [0.29, 0.717) is 4.47 Å². The number of phenols is 1. The van der Waals surface area contributed by atoms with Crippen molar-refractivity contribution in [3.05, 3.63) is 57.8 Å². The zero-order chi connectivity index (χ0) is 15.6. The molecule has 0 fully saturated rings. The number of carboxylic acid groups (broad SMARTS) is 1. The molecule has 0 saturated heterocycles. The van der Waals surface area contributed by atoms with Crippen molar-refractivity contribution >= 4 is 33.5 Å². The molecule has 0 unspecified atom stereocenters. The Morgan fingerprint density at radius 3 is 2.48 bits per heavy atom. The number of hydrogen-bond donors (Lipinski definition) is 3. The molecule has 0 atom stereocenters. The number of benzene rings is 2. The van der Waals surface area contributed by atoms with Gasteiger partial charge in [-0.25, -0.2) is 9.18 Å². The summed E-state index contributed by atoms with van der Waals surface area (Å²) < 4.78 is 14.1. The molecule has 2 aromatic carbocycles. The highest BCUT2D eigenvalue weighted by molar-refractivity contribution is 9.10. The zero-order valence-corrected chi connectivity index (χ0v) is 12.0. The van der Waals surface area contributed by atoms with Crippen LogP contribution in [0.25, 0.3) is 0 Å². The second kappa shape index (κ2) is 5.92. The van der Waals surface area contributed by atoms with E-state index >= 15 is 0 Å². The van der Waals surface area contributed by atoms with E-state index in [9.17, 15) is 19.1 Å². The zero-order valence-electron chi connectivity index (χ0n) is 10.4. The summed E-state index contributed by atoms with van der Waals surface area (Å²) in [4.78, 5) is 23.1. The van der Waals surface area contributed by atoms with Crippen molar-refractivity contribution in [2.45, 2.75) is 0 Å². The van der Waals surface area contributed by atoms with Crippen LogP contribution >= 0.6 is 15.9 Å². The number of hydrogen-bond acceptors (Lipinski definition) is 3. The van der Waals surface area contributed by atoms with E-state index < -0.39 is 17.7 Å². The van der Waals surface area contributed by atoms with Gasteiger partial charge in [-0.2, -0.15) is 0 Å². The largest absolute Gasteiger partial charge is 0.508 e. The summed E-state index contributed by atoms with van der Waals surface area (Å²) in [6.07, 6.45) is 0. The minimum Gasteiger partial charge on any atom is -0.508 e. The first kappa shape index (κ1) is 15.0. The normalized spacial score (nSPS) is 10.2. The number of carboxylic acids is 1. The van der Waals surface area contributed by atoms with Gasteiger partial charge in [0.2, 0.25) is 0 Å². The van der Waals surface area contributed by atoms with Crippen LogP contribution in [0.2, 0.25) is 0 Å². The molecule has 3 N–H and O–H groups in total. The van der Waals surface area contributed by atoms with Crippen molar-refractivity contribution in [1.82, 2.24) is 0 Å². The molecule has 0 aliphatic rings. The van der Waals surface area contributed by atoms with Gasteiger partial charge in [-0.05, 0) is 36.4 Å². The molecule has 0 saturated carbocycles. The highest BCUT2D eigenvalue weighted by atomic mass is 79.9. The number of halogens is 2. The number of amides is 1. The van der Waals surface area contributed by atoms with Gasteiger partial charge < -0.3 is 15.5 Å². The summed E-state index contributed by atoms with van der Waals surface area (Å²) in [5, 5.41) is 20.6. The average molecular weight is 354 g/mol. The maximum Gasteiger partial charge on any atom is 0.337 e. The van der Waals surface area contributed by atoms with E-state index in [0.717, 1.165) is 12.1 Å². The van der Waals surface area contributed by atoms with Gasteiger partial charge in [-0.3, -0.25) is 4.79 Å². The van der Waals surface area contributed by atoms with Crippen molar-refractivity contribution in [2.24, 2.45) is 0 Å². The molecule has 0 aromatic heterocycles. The molecule has 1 amide bonds. The number of aromatic hydroxyl groups is 1. The van der Waals surface area contributed by atoms with E-state index in [1.807, 2.05) is 0 Å². The van der Waals surface area contributed by atoms with Crippen LogP contribution < -0.4 is 5.32 Å². The number of aromatic carboxylic acids is 1. The fourth-order valence-electron chi connectivity index (χ4n) is 1.68. The van der Waals surface area contributed by atoms with Crippen LogP contribution in [0, 0.1) is 5.82 Å². The van der Waals surface area contributed by atoms with Gasteiger partial charge >= 0.3 is 5.97 Å². The smallest absolute Gasteiger partial charge is 0.337 e. The molecule has 0 bridgehead atoms. The molecule has 0 aliphatic carbocycles. The fraction of sp³-hybridized carbons (Fsp3) is 0. The number of anilines is 1. The first-order chi connectivity index (χ1) is 9.88. The Bertz CT molecular complexity index is 733. The molecule has 2 rings (SSSR count). The van der Waals surface area contributed by atoms with Crippen LogP contribution in [0.1, 0.15) is 20.7 Å². The van der Waals surface area contributed by atoms with E-state index in [-0.39, 0.29) is 22.6 Å². The Morgan fingerprint density at radius 2 is 1.81 bits per heavy atom. The van der Waals surface area contributed by atoms with Gasteiger partial charge in [0.25, 0.3) is 5.91 Å². The van der Waals surface area contributed by atoms with Crippen LogP contribution in [0.3, 0.4) is 0 Å². The van der Waals surface area contributed by atoms with Gasteiger partial charge in [0.05, 0.1) is 16.8 Å². The maximum absolute atomic E-state index is 13.6. The Hall–Kier alpha value is -2.41. The summed E-state index contributed by atoms with van der Waals surface area (Å²) >= 11 is 3.12. The summed E-state index contributed by atoms with van der Waals surface area (Å²) in [6, 6.07) is 7.29. The lowest BCUT2D eigenvalue weighted by molar-refractivity contribution is 0.0697. The van der Waals surface area contributed by atoms with Crippen molar-refractivity contribution in [3.8, 4) is 5.75 Å². The summed E-state index contributed by atoms with van der Waals surface area (Å²) in [5.41, 5.74) is -0.558. The van der Waals surface area contributed by atoms with Crippen LogP contribution in [0.5, 0.6) is 5.75 Å². The summed E-state index contributed by atoms with van der Waals surface area (Å²) in [6.45, 7) is 0. The summed E-state index contributed by atoms with van der Waals surface area (Å²) in [5.74, 6) is -3.09. The molecule has 5 nitrogen and oxygen atoms in total. The summed E-state index contributed by atoms with van der Waals surface area (Å²) in [7, 11) is 0. The molecule has 108 valence electrons. The molecule has 2 aromatic rings. The maximum atomic E-state index is 13.6. The Balaban J connectivity index is 2.36. The third kappa shape index (κ3) is 3.38. The van der Waals surface area contributed by atoms with E-state index in [4.69, 9.17) is 5.11 Å². The van der Waals surface area contributed by atoms with Crippen LogP contribution in [-0.2, 0) is 0 Å². The highest BCUT2D eigenvalue weighted by Gasteiger charge is 2.17.